The van der Waals surface area contributed by atoms with Crippen molar-refractivity contribution in [2.24, 2.45) is 0 Å². The van der Waals surface area contributed by atoms with Crippen molar-refractivity contribution < 1.29 is 18.7 Å². The van der Waals surface area contributed by atoms with Gasteiger partial charge in [0.05, 0.1) is 32.8 Å². The van der Waals surface area contributed by atoms with E-state index in [4.69, 9.17) is 9.47 Å². The highest BCUT2D eigenvalue weighted by molar-refractivity contribution is 5.85. The number of methoxy groups -OCH3 is 2. The van der Waals surface area contributed by atoms with Crippen LogP contribution in [0, 0.1) is 5.82 Å². The maximum atomic E-state index is 13.4. The van der Waals surface area contributed by atoms with Crippen LogP contribution in [0.25, 0.3) is 0 Å². The monoisotopic (exact) mass is 381 g/mol. The van der Waals surface area contributed by atoms with Crippen molar-refractivity contribution in [1.82, 2.24) is 14.5 Å². The highest BCUT2D eigenvalue weighted by Crippen LogP contribution is 2.36. The van der Waals surface area contributed by atoms with E-state index in [0.29, 0.717) is 24.6 Å². The molecule has 0 bridgehead atoms. The zero-order chi connectivity index (χ0) is 19.7. The SMILES string of the molecule is COc1ccc([C@H]2C(=O)N(Cc3ccc(F)cc3)Cc3cncn32)c(OC)c1. The molecule has 1 amide bonds. The van der Waals surface area contributed by atoms with E-state index in [1.165, 1.54) is 12.1 Å². The van der Waals surface area contributed by atoms with Gasteiger partial charge in [0.2, 0.25) is 0 Å². The van der Waals surface area contributed by atoms with Crippen LogP contribution in [-0.2, 0) is 17.9 Å². The summed E-state index contributed by atoms with van der Waals surface area (Å²) in [7, 11) is 3.15. The van der Waals surface area contributed by atoms with Crippen LogP contribution in [0.3, 0.4) is 0 Å². The third kappa shape index (κ3) is 3.19. The van der Waals surface area contributed by atoms with Crippen molar-refractivity contribution in [3.05, 3.63) is 77.6 Å². The molecule has 0 radical (unpaired) electrons. The van der Waals surface area contributed by atoms with E-state index < -0.39 is 6.04 Å². The number of halogens is 1. The van der Waals surface area contributed by atoms with E-state index >= 15 is 0 Å². The van der Waals surface area contributed by atoms with Crippen molar-refractivity contribution >= 4 is 5.91 Å². The first-order chi connectivity index (χ1) is 13.6. The molecule has 3 aromatic rings. The van der Waals surface area contributed by atoms with Crippen LogP contribution < -0.4 is 9.47 Å². The number of hydrogen-bond acceptors (Lipinski definition) is 4. The van der Waals surface area contributed by atoms with Gasteiger partial charge in [-0.05, 0) is 29.8 Å². The molecule has 0 saturated carbocycles. The Hall–Kier alpha value is -3.35. The Kier molecular flexibility index (Phi) is 4.73. The lowest BCUT2D eigenvalue weighted by atomic mass is 10.0. The number of aromatic nitrogens is 2. The number of carbonyl (C=O) groups excluding carboxylic acids is 1. The highest BCUT2D eigenvalue weighted by Gasteiger charge is 2.35. The fourth-order valence-corrected chi connectivity index (χ4v) is 3.52. The fraction of sp³-hybridized carbons (Fsp3) is 0.238. The number of ether oxygens (including phenoxy) is 2. The summed E-state index contributed by atoms with van der Waals surface area (Å²) in [6.45, 7) is 0.824. The predicted octanol–water partition coefficient (Wildman–Crippen LogP) is 3.17. The Labute approximate surface area is 162 Å². The van der Waals surface area contributed by atoms with E-state index in [9.17, 15) is 9.18 Å². The van der Waals surface area contributed by atoms with Crippen molar-refractivity contribution in [3.8, 4) is 11.5 Å². The fourth-order valence-electron chi connectivity index (χ4n) is 3.52. The zero-order valence-corrected chi connectivity index (χ0v) is 15.6. The summed E-state index contributed by atoms with van der Waals surface area (Å²) in [4.78, 5) is 19.4. The van der Waals surface area contributed by atoms with Crippen LogP contribution in [0.4, 0.5) is 4.39 Å². The summed E-state index contributed by atoms with van der Waals surface area (Å²) in [5, 5.41) is 0. The van der Waals surface area contributed by atoms with Gasteiger partial charge < -0.3 is 18.9 Å². The summed E-state index contributed by atoms with van der Waals surface area (Å²) in [6.07, 6.45) is 3.42. The first-order valence-corrected chi connectivity index (χ1v) is 8.86. The summed E-state index contributed by atoms with van der Waals surface area (Å²) in [6, 6.07) is 11.0. The molecular weight excluding hydrogens is 361 g/mol. The van der Waals surface area contributed by atoms with Gasteiger partial charge in [-0.25, -0.2) is 9.37 Å². The van der Waals surface area contributed by atoms with Gasteiger partial charge in [0, 0.05) is 24.4 Å². The third-order valence-electron chi connectivity index (χ3n) is 4.94. The van der Waals surface area contributed by atoms with Gasteiger partial charge in [-0.2, -0.15) is 0 Å². The van der Waals surface area contributed by atoms with Gasteiger partial charge in [0.25, 0.3) is 5.91 Å². The van der Waals surface area contributed by atoms with Crippen LogP contribution in [0.2, 0.25) is 0 Å². The van der Waals surface area contributed by atoms with Crippen molar-refractivity contribution in [2.45, 2.75) is 19.1 Å². The van der Waals surface area contributed by atoms with Crippen LogP contribution in [0.5, 0.6) is 11.5 Å². The quantitative estimate of drug-likeness (QED) is 0.681. The largest absolute Gasteiger partial charge is 0.497 e. The van der Waals surface area contributed by atoms with Crippen LogP contribution in [-0.4, -0.2) is 34.6 Å². The van der Waals surface area contributed by atoms with Gasteiger partial charge in [0.15, 0.2) is 0 Å². The van der Waals surface area contributed by atoms with Gasteiger partial charge in [-0.3, -0.25) is 4.79 Å². The maximum Gasteiger partial charge on any atom is 0.251 e. The minimum absolute atomic E-state index is 0.0710. The summed E-state index contributed by atoms with van der Waals surface area (Å²) in [5.74, 6) is 0.852. The number of imidazole rings is 1. The van der Waals surface area contributed by atoms with Crippen molar-refractivity contribution in [3.63, 3.8) is 0 Å². The first-order valence-electron chi connectivity index (χ1n) is 8.86. The summed E-state index contributed by atoms with van der Waals surface area (Å²) >= 11 is 0. The second kappa shape index (κ2) is 7.34. The maximum absolute atomic E-state index is 13.4. The standard InChI is InChI=1S/C21H20FN3O3/c1-27-17-7-8-18(19(9-17)28-2)20-21(26)24(12-16-10-23-13-25(16)20)11-14-3-5-15(22)6-4-14/h3-10,13,20H,11-12H2,1-2H3/t20-/m0/s1. The average Bonchev–Trinajstić information content (AvgIpc) is 3.18. The molecule has 0 saturated heterocycles. The molecule has 0 spiro atoms. The molecule has 1 aromatic heterocycles. The minimum Gasteiger partial charge on any atom is -0.497 e. The highest BCUT2D eigenvalue weighted by atomic mass is 19.1. The molecule has 2 aromatic carbocycles. The van der Waals surface area contributed by atoms with Crippen molar-refractivity contribution in [2.75, 3.05) is 14.2 Å². The van der Waals surface area contributed by atoms with Crippen LogP contribution >= 0.6 is 0 Å². The van der Waals surface area contributed by atoms with E-state index in [1.54, 1.807) is 55.9 Å². The van der Waals surface area contributed by atoms with Gasteiger partial charge >= 0.3 is 0 Å². The lowest BCUT2D eigenvalue weighted by molar-refractivity contribution is -0.136. The molecule has 6 nitrogen and oxygen atoms in total. The molecular formula is C21H20FN3O3. The molecule has 0 fully saturated rings. The van der Waals surface area contributed by atoms with E-state index in [2.05, 4.69) is 4.98 Å². The number of nitrogens with zero attached hydrogens (tertiary/aromatic N) is 3. The molecule has 4 rings (SSSR count). The van der Waals surface area contributed by atoms with Gasteiger partial charge in [0.1, 0.15) is 23.4 Å². The van der Waals surface area contributed by atoms with E-state index in [0.717, 1.165) is 16.8 Å². The molecule has 0 N–H and O–H groups in total. The third-order valence-corrected chi connectivity index (χ3v) is 4.94. The number of benzene rings is 2. The topological polar surface area (TPSA) is 56.6 Å². The minimum atomic E-state index is -0.590. The first kappa shape index (κ1) is 18.0. The van der Waals surface area contributed by atoms with E-state index in [-0.39, 0.29) is 11.7 Å². The number of amides is 1. The molecule has 2 heterocycles. The van der Waals surface area contributed by atoms with Crippen LogP contribution in [0.1, 0.15) is 22.9 Å². The van der Waals surface area contributed by atoms with Gasteiger partial charge in [-0.1, -0.05) is 12.1 Å². The Balaban J connectivity index is 1.72. The average molecular weight is 381 g/mol. The van der Waals surface area contributed by atoms with Crippen LogP contribution in [0.15, 0.2) is 55.0 Å². The Morgan fingerprint density at radius 3 is 2.64 bits per heavy atom. The normalized spacial score (nSPS) is 16.0. The second-order valence-corrected chi connectivity index (χ2v) is 6.62. The number of carbonyl (C=O) groups is 1. The molecule has 144 valence electrons. The molecule has 0 aliphatic carbocycles. The van der Waals surface area contributed by atoms with Crippen molar-refractivity contribution in [1.29, 1.82) is 0 Å². The molecule has 1 atom stereocenters. The Morgan fingerprint density at radius 2 is 1.93 bits per heavy atom. The lowest BCUT2D eigenvalue weighted by Crippen LogP contribution is -2.42. The zero-order valence-electron chi connectivity index (χ0n) is 15.6. The van der Waals surface area contributed by atoms with Gasteiger partial charge in [-0.15, -0.1) is 0 Å². The smallest absolute Gasteiger partial charge is 0.251 e. The Bertz CT molecular complexity index is 1000. The second-order valence-electron chi connectivity index (χ2n) is 6.62. The molecule has 0 unspecified atom stereocenters. The molecule has 1 aliphatic heterocycles. The van der Waals surface area contributed by atoms with E-state index in [1.807, 2.05) is 10.6 Å². The number of rotatable bonds is 5. The lowest BCUT2D eigenvalue weighted by Gasteiger charge is -2.34. The number of hydrogen-bond donors (Lipinski definition) is 0. The molecule has 28 heavy (non-hydrogen) atoms. The summed E-state index contributed by atoms with van der Waals surface area (Å²) < 4.78 is 25.9. The molecule has 1 aliphatic rings. The Morgan fingerprint density at radius 1 is 1.14 bits per heavy atom. The molecule has 7 heteroatoms. The summed E-state index contributed by atoms with van der Waals surface area (Å²) in [5.41, 5.74) is 2.52. The predicted molar refractivity (Wildman–Crippen MR) is 101 cm³/mol. The number of fused-ring (bicyclic) bond motifs is 1.